The summed E-state index contributed by atoms with van der Waals surface area (Å²) in [6, 6.07) is 14.3. The van der Waals surface area contributed by atoms with Gasteiger partial charge in [0.2, 0.25) is 5.91 Å². The Balaban J connectivity index is 1.41. The second kappa shape index (κ2) is 8.86. The van der Waals surface area contributed by atoms with Gasteiger partial charge in [0.05, 0.1) is 6.04 Å². The minimum absolute atomic E-state index is 0.0536. The molecular formula is C24H28FN3O2. The first kappa shape index (κ1) is 20.4. The van der Waals surface area contributed by atoms with E-state index in [1.54, 1.807) is 12.1 Å². The maximum Gasteiger partial charge on any atom is 0.317 e. The molecule has 2 fully saturated rings. The van der Waals surface area contributed by atoms with Gasteiger partial charge in [-0.2, -0.15) is 0 Å². The van der Waals surface area contributed by atoms with Gasteiger partial charge in [0, 0.05) is 32.6 Å². The van der Waals surface area contributed by atoms with Gasteiger partial charge in [0.15, 0.2) is 0 Å². The highest BCUT2D eigenvalue weighted by Crippen LogP contribution is 2.31. The van der Waals surface area contributed by atoms with E-state index in [-0.39, 0.29) is 23.8 Å². The lowest BCUT2D eigenvalue weighted by atomic mass is 9.98. The van der Waals surface area contributed by atoms with Crippen LogP contribution >= 0.6 is 0 Å². The zero-order valence-electron chi connectivity index (χ0n) is 17.3. The largest absolute Gasteiger partial charge is 0.334 e. The Hall–Kier alpha value is -2.89. The second-order valence-electron chi connectivity index (χ2n) is 8.42. The van der Waals surface area contributed by atoms with Crippen molar-refractivity contribution in [3.05, 3.63) is 71.0 Å². The number of amides is 3. The molecule has 2 aliphatic rings. The fraction of sp³-hybridized carbons (Fsp3) is 0.417. The summed E-state index contributed by atoms with van der Waals surface area (Å²) in [5, 5.41) is 2.93. The van der Waals surface area contributed by atoms with Crippen LogP contribution in [0.15, 0.2) is 48.5 Å². The molecule has 2 aromatic carbocycles. The topological polar surface area (TPSA) is 52.7 Å². The number of likely N-dealkylation sites (tertiary alicyclic amines) is 2. The normalized spacial score (nSPS) is 21.3. The number of hydrogen-bond donors (Lipinski definition) is 1. The van der Waals surface area contributed by atoms with Crippen molar-refractivity contribution >= 4 is 11.9 Å². The summed E-state index contributed by atoms with van der Waals surface area (Å²) >= 11 is 0. The van der Waals surface area contributed by atoms with E-state index in [2.05, 4.69) is 36.5 Å². The fourth-order valence-corrected chi connectivity index (χ4v) is 4.49. The van der Waals surface area contributed by atoms with Crippen molar-refractivity contribution in [2.45, 2.75) is 45.3 Å². The molecule has 4 rings (SSSR count). The first-order valence-electron chi connectivity index (χ1n) is 10.6. The van der Waals surface area contributed by atoms with Gasteiger partial charge in [-0.3, -0.25) is 4.79 Å². The molecule has 0 spiro atoms. The van der Waals surface area contributed by atoms with Crippen molar-refractivity contribution in [2.75, 3.05) is 13.1 Å². The van der Waals surface area contributed by atoms with Crippen LogP contribution in [0.1, 0.15) is 36.0 Å². The standard InChI is InChI=1S/C24H28FN3O2/c1-17-5-7-19(8-6-17)14-28-22-16-27(15-20(22)3-2-4-23(28)29)24(30)26-13-18-9-11-21(25)12-10-18/h5-12,20,22H,2-4,13-16H2,1H3,(H,26,30)/t20-,22+/m1/s1. The van der Waals surface area contributed by atoms with E-state index in [1.807, 2.05) is 9.80 Å². The summed E-state index contributed by atoms with van der Waals surface area (Å²) in [5.74, 6) is 0.193. The predicted molar refractivity (Wildman–Crippen MR) is 113 cm³/mol. The monoisotopic (exact) mass is 409 g/mol. The summed E-state index contributed by atoms with van der Waals surface area (Å²) in [6.07, 6.45) is 2.41. The van der Waals surface area contributed by atoms with E-state index in [1.165, 1.54) is 17.7 Å². The molecule has 2 aromatic rings. The van der Waals surface area contributed by atoms with Crippen molar-refractivity contribution in [3.8, 4) is 0 Å². The van der Waals surface area contributed by atoms with E-state index in [9.17, 15) is 14.0 Å². The van der Waals surface area contributed by atoms with Crippen LogP contribution in [-0.4, -0.2) is 40.9 Å². The van der Waals surface area contributed by atoms with Crippen molar-refractivity contribution < 1.29 is 14.0 Å². The number of rotatable bonds is 4. The number of benzene rings is 2. The molecule has 2 saturated heterocycles. The van der Waals surface area contributed by atoms with Crippen LogP contribution in [0.4, 0.5) is 9.18 Å². The summed E-state index contributed by atoms with van der Waals surface area (Å²) in [7, 11) is 0. The van der Waals surface area contributed by atoms with Gasteiger partial charge in [-0.05, 0) is 48.9 Å². The summed E-state index contributed by atoms with van der Waals surface area (Å²) in [5.41, 5.74) is 3.17. The van der Waals surface area contributed by atoms with Crippen LogP contribution in [0.2, 0.25) is 0 Å². The van der Waals surface area contributed by atoms with Crippen molar-refractivity contribution in [1.82, 2.24) is 15.1 Å². The van der Waals surface area contributed by atoms with E-state index < -0.39 is 0 Å². The molecule has 3 amide bonds. The number of carbonyl (C=O) groups is 2. The minimum Gasteiger partial charge on any atom is -0.334 e. The highest BCUT2D eigenvalue weighted by Gasteiger charge is 2.41. The number of carbonyl (C=O) groups excluding carboxylic acids is 2. The first-order valence-corrected chi connectivity index (χ1v) is 10.6. The summed E-state index contributed by atoms with van der Waals surface area (Å²) in [4.78, 5) is 29.4. The highest BCUT2D eigenvalue weighted by molar-refractivity contribution is 5.78. The Morgan fingerprint density at radius 1 is 1.07 bits per heavy atom. The molecule has 2 heterocycles. The lowest BCUT2D eigenvalue weighted by molar-refractivity contribution is -0.133. The van der Waals surface area contributed by atoms with Crippen LogP contribution in [0.5, 0.6) is 0 Å². The molecule has 1 N–H and O–H groups in total. The Morgan fingerprint density at radius 2 is 1.77 bits per heavy atom. The van der Waals surface area contributed by atoms with E-state index >= 15 is 0 Å². The zero-order chi connectivity index (χ0) is 21.1. The quantitative estimate of drug-likeness (QED) is 0.834. The van der Waals surface area contributed by atoms with Gasteiger partial charge in [-0.25, -0.2) is 9.18 Å². The molecule has 0 radical (unpaired) electrons. The first-order chi connectivity index (χ1) is 14.5. The van der Waals surface area contributed by atoms with Crippen LogP contribution in [0, 0.1) is 18.7 Å². The fourth-order valence-electron chi connectivity index (χ4n) is 4.49. The van der Waals surface area contributed by atoms with Gasteiger partial charge in [0.25, 0.3) is 0 Å². The molecule has 5 nitrogen and oxygen atoms in total. The molecular weight excluding hydrogens is 381 g/mol. The highest BCUT2D eigenvalue weighted by atomic mass is 19.1. The van der Waals surface area contributed by atoms with Gasteiger partial charge in [-0.15, -0.1) is 0 Å². The van der Waals surface area contributed by atoms with Crippen LogP contribution < -0.4 is 5.32 Å². The summed E-state index contributed by atoms with van der Waals surface area (Å²) < 4.78 is 13.1. The Bertz CT molecular complexity index is 898. The van der Waals surface area contributed by atoms with Crippen molar-refractivity contribution in [1.29, 1.82) is 0 Å². The second-order valence-corrected chi connectivity index (χ2v) is 8.42. The molecule has 2 atom stereocenters. The number of nitrogens with zero attached hydrogens (tertiary/aromatic N) is 2. The summed E-state index contributed by atoms with van der Waals surface area (Å²) in [6.45, 7) is 4.22. The number of nitrogens with one attached hydrogen (secondary N) is 1. The third-order valence-electron chi connectivity index (χ3n) is 6.21. The molecule has 2 aliphatic heterocycles. The van der Waals surface area contributed by atoms with Gasteiger partial charge in [-0.1, -0.05) is 42.0 Å². The van der Waals surface area contributed by atoms with Crippen molar-refractivity contribution in [2.24, 2.45) is 5.92 Å². The maximum absolute atomic E-state index is 13.1. The molecule has 0 aliphatic carbocycles. The third kappa shape index (κ3) is 4.64. The van der Waals surface area contributed by atoms with E-state index in [0.29, 0.717) is 38.5 Å². The van der Waals surface area contributed by atoms with Crippen molar-refractivity contribution in [3.63, 3.8) is 0 Å². The molecule has 0 saturated carbocycles. The van der Waals surface area contributed by atoms with Gasteiger partial charge < -0.3 is 15.1 Å². The van der Waals surface area contributed by atoms with Crippen LogP contribution in [0.3, 0.4) is 0 Å². The molecule has 0 unspecified atom stereocenters. The molecule has 158 valence electrons. The average molecular weight is 410 g/mol. The Labute approximate surface area is 176 Å². The SMILES string of the molecule is Cc1ccc(CN2C(=O)CCC[C@@H]3CN(C(=O)NCc4ccc(F)cc4)C[C@@H]32)cc1. The van der Waals surface area contributed by atoms with E-state index in [4.69, 9.17) is 0 Å². The number of urea groups is 1. The number of aryl methyl sites for hydroxylation is 1. The lowest BCUT2D eigenvalue weighted by Crippen LogP contribution is -2.44. The maximum atomic E-state index is 13.1. The lowest BCUT2D eigenvalue weighted by Gasteiger charge is -2.30. The molecule has 30 heavy (non-hydrogen) atoms. The number of fused-ring (bicyclic) bond motifs is 1. The third-order valence-corrected chi connectivity index (χ3v) is 6.21. The molecule has 6 heteroatoms. The molecule has 0 aromatic heterocycles. The Kier molecular flexibility index (Phi) is 6.02. The minimum atomic E-state index is -0.289. The predicted octanol–water partition coefficient (Wildman–Crippen LogP) is 3.86. The van der Waals surface area contributed by atoms with Crippen LogP contribution in [-0.2, 0) is 17.9 Å². The zero-order valence-corrected chi connectivity index (χ0v) is 17.3. The van der Waals surface area contributed by atoms with E-state index in [0.717, 1.165) is 24.0 Å². The average Bonchev–Trinajstić information content (AvgIpc) is 3.10. The smallest absolute Gasteiger partial charge is 0.317 e. The molecule has 0 bridgehead atoms. The van der Waals surface area contributed by atoms with Crippen LogP contribution in [0.25, 0.3) is 0 Å². The number of hydrogen-bond acceptors (Lipinski definition) is 2. The number of halogens is 1. The van der Waals surface area contributed by atoms with Gasteiger partial charge >= 0.3 is 6.03 Å². The van der Waals surface area contributed by atoms with Gasteiger partial charge in [0.1, 0.15) is 5.82 Å². The Morgan fingerprint density at radius 3 is 2.50 bits per heavy atom.